The lowest BCUT2D eigenvalue weighted by Crippen LogP contribution is -2.42. The van der Waals surface area contributed by atoms with Crippen molar-refractivity contribution in [3.8, 4) is 0 Å². The van der Waals surface area contributed by atoms with Crippen LogP contribution in [-0.4, -0.2) is 46.0 Å². The average Bonchev–Trinajstić information content (AvgIpc) is 2.95. The third-order valence-corrected chi connectivity index (χ3v) is 3.12. The van der Waals surface area contributed by atoms with Gasteiger partial charge < -0.3 is 14.8 Å². The first-order valence-electron chi connectivity index (χ1n) is 6.22. The maximum atomic E-state index is 12.4. The van der Waals surface area contributed by atoms with Crippen LogP contribution in [0, 0.1) is 0 Å². The Morgan fingerprint density at radius 1 is 1.71 bits per heavy atom. The Morgan fingerprint density at radius 2 is 2.53 bits per heavy atom. The van der Waals surface area contributed by atoms with Gasteiger partial charge in [0.15, 0.2) is 0 Å². The van der Waals surface area contributed by atoms with Crippen molar-refractivity contribution in [2.45, 2.75) is 25.8 Å². The van der Waals surface area contributed by atoms with Gasteiger partial charge in [-0.15, -0.1) is 0 Å². The lowest BCUT2D eigenvalue weighted by atomic mass is 10.2. The molecular formula is C12H20N4O. The molecule has 5 heteroatoms. The summed E-state index contributed by atoms with van der Waals surface area (Å²) in [4.78, 5) is 18.5. The number of nitrogens with zero attached hydrogens (tertiary/aromatic N) is 3. The van der Waals surface area contributed by atoms with Crippen molar-refractivity contribution < 1.29 is 4.79 Å². The van der Waals surface area contributed by atoms with Crippen molar-refractivity contribution in [1.82, 2.24) is 19.8 Å². The molecule has 5 nitrogen and oxygen atoms in total. The Hall–Kier alpha value is -1.36. The zero-order valence-corrected chi connectivity index (χ0v) is 10.5. The Labute approximate surface area is 102 Å². The molecule has 1 unspecified atom stereocenters. The van der Waals surface area contributed by atoms with Gasteiger partial charge in [-0.3, -0.25) is 4.79 Å². The molecule has 1 atom stereocenters. The number of carbonyl (C=O) groups is 1. The predicted octanol–water partition coefficient (Wildman–Crippen LogP) is 0.634. The largest absolute Gasteiger partial charge is 0.340 e. The third kappa shape index (κ3) is 2.66. The van der Waals surface area contributed by atoms with Gasteiger partial charge in [-0.05, 0) is 19.4 Å². The molecule has 2 rings (SSSR count). The van der Waals surface area contributed by atoms with E-state index in [9.17, 15) is 4.79 Å². The summed E-state index contributed by atoms with van der Waals surface area (Å²) in [5.74, 6) is 0.0566. The van der Waals surface area contributed by atoms with E-state index in [0.29, 0.717) is 11.7 Å². The highest BCUT2D eigenvalue weighted by molar-refractivity contribution is 5.92. The van der Waals surface area contributed by atoms with Crippen LogP contribution >= 0.6 is 0 Å². The van der Waals surface area contributed by atoms with E-state index in [2.05, 4.69) is 17.2 Å². The van der Waals surface area contributed by atoms with Crippen molar-refractivity contribution >= 4 is 5.91 Å². The topological polar surface area (TPSA) is 50.2 Å². The maximum absolute atomic E-state index is 12.4. The van der Waals surface area contributed by atoms with E-state index in [1.54, 1.807) is 12.5 Å². The van der Waals surface area contributed by atoms with Gasteiger partial charge in [-0.1, -0.05) is 6.92 Å². The van der Waals surface area contributed by atoms with Crippen LogP contribution in [-0.2, 0) is 7.05 Å². The molecule has 0 aliphatic carbocycles. The summed E-state index contributed by atoms with van der Waals surface area (Å²) in [6, 6.07) is 0.324. The summed E-state index contributed by atoms with van der Waals surface area (Å²) in [5.41, 5.74) is 0.549. The number of nitrogens with one attached hydrogen (secondary N) is 1. The standard InChI is InChI=1S/C12H20N4O/c1-3-6-16(10-4-5-13-7-10)12(17)11-8-15(2)9-14-11/h8-10,13H,3-7H2,1-2H3. The SMILES string of the molecule is CCCN(C(=O)c1cn(C)cn1)C1CCNC1. The van der Waals surface area contributed by atoms with Gasteiger partial charge >= 0.3 is 0 Å². The first-order valence-corrected chi connectivity index (χ1v) is 6.22. The Bertz CT molecular complexity index is 382. The van der Waals surface area contributed by atoms with Crippen LogP contribution in [0.25, 0.3) is 0 Å². The minimum atomic E-state index is 0.0566. The van der Waals surface area contributed by atoms with Crippen LogP contribution in [0.15, 0.2) is 12.5 Å². The fraction of sp³-hybridized carbons (Fsp3) is 0.667. The zero-order chi connectivity index (χ0) is 12.3. The predicted molar refractivity (Wildman–Crippen MR) is 65.8 cm³/mol. The number of amides is 1. The van der Waals surface area contributed by atoms with Gasteiger partial charge in [-0.2, -0.15) is 0 Å². The Balaban J connectivity index is 2.12. The molecule has 0 bridgehead atoms. The quantitative estimate of drug-likeness (QED) is 0.834. The van der Waals surface area contributed by atoms with Gasteiger partial charge in [-0.25, -0.2) is 4.98 Å². The second-order valence-electron chi connectivity index (χ2n) is 4.57. The van der Waals surface area contributed by atoms with E-state index in [1.165, 1.54) is 0 Å². The second-order valence-corrected chi connectivity index (χ2v) is 4.57. The molecule has 1 aliphatic heterocycles. The van der Waals surface area contributed by atoms with Crippen molar-refractivity contribution in [3.63, 3.8) is 0 Å². The fourth-order valence-corrected chi connectivity index (χ4v) is 2.27. The van der Waals surface area contributed by atoms with E-state index in [1.807, 2.05) is 16.5 Å². The average molecular weight is 236 g/mol. The van der Waals surface area contributed by atoms with Gasteiger partial charge in [0, 0.05) is 32.4 Å². The van der Waals surface area contributed by atoms with Gasteiger partial charge in [0.2, 0.25) is 0 Å². The van der Waals surface area contributed by atoms with Crippen LogP contribution in [0.1, 0.15) is 30.3 Å². The molecular weight excluding hydrogens is 216 g/mol. The summed E-state index contributed by atoms with van der Waals surface area (Å²) in [5, 5.41) is 3.30. The van der Waals surface area contributed by atoms with Crippen LogP contribution < -0.4 is 5.32 Å². The highest BCUT2D eigenvalue weighted by Gasteiger charge is 2.27. The lowest BCUT2D eigenvalue weighted by Gasteiger charge is -2.27. The first-order chi connectivity index (χ1) is 8.22. The smallest absolute Gasteiger partial charge is 0.274 e. The molecule has 94 valence electrons. The fourth-order valence-electron chi connectivity index (χ4n) is 2.27. The molecule has 17 heavy (non-hydrogen) atoms. The molecule has 0 radical (unpaired) electrons. The third-order valence-electron chi connectivity index (χ3n) is 3.12. The van der Waals surface area contributed by atoms with E-state index < -0.39 is 0 Å². The number of hydrogen-bond donors (Lipinski definition) is 1. The van der Waals surface area contributed by atoms with Crippen molar-refractivity contribution in [3.05, 3.63) is 18.2 Å². The minimum Gasteiger partial charge on any atom is -0.340 e. The highest BCUT2D eigenvalue weighted by Crippen LogP contribution is 2.13. The van der Waals surface area contributed by atoms with Crippen molar-refractivity contribution in [2.24, 2.45) is 7.05 Å². The maximum Gasteiger partial charge on any atom is 0.274 e. The summed E-state index contributed by atoms with van der Waals surface area (Å²) < 4.78 is 1.81. The van der Waals surface area contributed by atoms with E-state index in [4.69, 9.17) is 0 Å². The summed E-state index contributed by atoms with van der Waals surface area (Å²) in [7, 11) is 1.88. The molecule has 1 aromatic heterocycles. The highest BCUT2D eigenvalue weighted by atomic mass is 16.2. The number of rotatable bonds is 4. The Kier molecular flexibility index (Phi) is 3.78. The number of carbonyl (C=O) groups excluding carboxylic acids is 1. The van der Waals surface area contributed by atoms with Crippen LogP contribution in [0.4, 0.5) is 0 Å². The molecule has 1 aliphatic rings. The van der Waals surface area contributed by atoms with Crippen LogP contribution in [0.5, 0.6) is 0 Å². The summed E-state index contributed by atoms with van der Waals surface area (Å²) in [6.07, 6.45) is 5.48. The molecule has 0 aromatic carbocycles. The number of hydrogen-bond acceptors (Lipinski definition) is 3. The van der Waals surface area contributed by atoms with Crippen LogP contribution in [0.3, 0.4) is 0 Å². The Morgan fingerprint density at radius 3 is 3.06 bits per heavy atom. The van der Waals surface area contributed by atoms with E-state index in [-0.39, 0.29) is 5.91 Å². The first kappa shape index (κ1) is 12.1. The van der Waals surface area contributed by atoms with Crippen molar-refractivity contribution in [2.75, 3.05) is 19.6 Å². The zero-order valence-electron chi connectivity index (χ0n) is 10.5. The second kappa shape index (κ2) is 5.31. The van der Waals surface area contributed by atoms with E-state index >= 15 is 0 Å². The lowest BCUT2D eigenvalue weighted by molar-refractivity contribution is 0.0686. The van der Waals surface area contributed by atoms with Crippen molar-refractivity contribution in [1.29, 1.82) is 0 Å². The van der Waals surface area contributed by atoms with Gasteiger partial charge in [0.25, 0.3) is 5.91 Å². The molecule has 1 saturated heterocycles. The molecule has 1 amide bonds. The number of aryl methyl sites for hydroxylation is 1. The monoisotopic (exact) mass is 236 g/mol. The number of imidazole rings is 1. The summed E-state index contributed by atoms with van der Waals surface area (Å²) >= 11 is 0. The number of aromatic nitrogens is 2. The van der Waals surface area contributed by atoms with Gasteiger partial charge in [0.05, 0.1) is 6.33 Å². The van der Waals surface area contributed by atoms with Crippen LogP contribution in [0.2, 0.25) is 0 Å². The minimum absolute atomic E-state index is 0.0566. The van der Waals surface area contributed by atoms with Gasteiger partial charge in [0.1, 0.15) is 5.69 Å². The molecule has 2 heterocycles. The summed E-state index contributed by atoms with van der Waals surface area (Å²) in [6.45, 7) is 4.81. The molecule has 1 N–H and O–H groups in total. The molecule has 0 saturated carbocycles. The molecule has 0 spiro atoms. The normalized spacial score (nSPS) is 19.5. The molecule has 1 aromatic rings. The molecule has 1 fully saturated rings. The van der Waals surface area contributed by atoms with E-state index in [0.717, 1.165) is 32.5 Å².